The number of amides is 1. The van der Waals surface area contributed by atoms with E-state index < -0.39 is 5.91 Å². The van der Waals surface area contributed by atoms with Crippen LogP contribution in [0.4, 0.5) is 0 Å². The largest absolute Gasteiger partial charge is 0.497 e. The fraction of sp³-hybridized carbons (Fsp3) is 0.136. The number of halogens is 2. The molecule has 0 spiro atoms. The van der Waals surface area contributed by atoms with Crippen molar-refractivity contribution in [3.63, 3.8) is 0 Å². The van der Waals surface area contributed by atoms with Crippen molar-refractivity contribution in [2.24, 2.45) is 4.99 Å². The van der Waals surface area contributed by atoms with E-state index in [1.165, 1.54) is 25.3 Å². The van der Waals surface area contributed by atoms with Crippen LogP contribution in [0.3, 0.4) is 0 Å². The minimum absolute atomic E-state index is 0.260. The lowest BCUT2D eigenvalue weighted by Crippen LogP contribution is -2.30. The summed E-state index contributed by atoms with van der Waals surface area (Å²) in [4.78, 5) is 27.7. The first-order chi connectivity index (χ1) is 13.8. The fourth-order valence-electron chi connectivity index (χ4n) is 1.84. The van der Waals surface area contributed by atoms with Crippen molar-refractivity contribution < 1.29 is 14.3 Å². The summed E-state index contributed by atoms with van der Waals surface area (Å²) in [7, 11) is 3.06. The summed E-state index contributed by atoms with van der Waals surface area (Å²) < 4.78 is 5.74. The lowest BCUT2D eigenvalue weighted by atomic mass is 10.2. The molecule has 0 radical (unpaired) electrons. The molecule has 0 rings (SSSR count). The molecule has 0 aliphatic rings. The Balaban J connectivity index is 5.52. The van der Waals surface area contributed by atoms with Gasteiger partial charge in [-0.05, 0) is 29.9 Å². The normalized spacial score (nSPS) is 13.5. The number of aliphatic imine (C=N–C) groups is 1. The van der Waals surface area contributed by atoms with Gasteiger partial charge in [0.15, 0.2) is 0 Å². The van der Waals surface area contributed by atoms with Crippen molar-refractivity contribution in [1.82, 2.24) is 4.90 Å². The number of aldehydes is 1. The number of allylic oxidation sites excluding steroid dienone is 10. The molecule has 0 aromatic rings. The molecule has 0 N–H and O–H groups in total. The molecule has 0 bridgehead atoms. The molecule has 154 valence electrons. The number of amidine groups is 1. The van der Waals surface area contributed by atoms with Gasteiger partial charge in [-0.3, -0.25) is 14.7 Å². The quantitative estimate of drug-likeness (QED) is 0.100. The van der Waals surface area contributed by atoms with Gasteiger partial charge < -0.3 is 9.53 Å². The van der Waals surface area contributed by atoms with Crippen molar-refractivity contribution in [2.45, 2.75) is 6.42 Å². The van der Waals surface area contributed by atoms with Crippen LogP contribution in [0.1, 0.15) is 6.42 Å². The molecule has 1 amide bonds. The van der Waals surface area contributed by atoms with Gasteiger partial charge in [-0.2, -0.15) is 0 Å². The maximum atomic E-state index is 11.9. The van der Waals surface area contributed by atoms with Gasteiger partial charge in [0.1, 0.15) is 17.9 Å². The van der Waals surface area contributed by atoms with Gasteiger partial charge in [0, 0.05) is 22.8 Å². The summed E-state index contributed by atoms with van der Waals surface area (Å²) in [6.45, 7) is 11.0. The highest BCUT2D eigenvalue weighted by Gasteiger charge is 2.13. The first kappa shape index (κ1) is 26.3. The third-order valence-electron chi connectivity index (χ3n) is 3.23. The second-order valence-electron chi connectivity index (χ2n) is 5.16. The van der Waals surface area contributed by atoms with E-state index in [4.69, 9.17) is 16.3 Å². The molecule has 0 fully saturated rings. The Kier molecular flexibility index (Phi) is 13.8. The van der Waals surface area contributed by atoms with E-state index in [0.29, 0.717) is 28.5 Å². The van der Waals surface area contributed by atoms with Crippen molar-refractivity contribution in [1.29, 1.82) is 0 Å². The molecule has 0 unspecified atom stereocenters. The van der Waals surface area contributed by atoms with Crippen molar-refractivity contribution >= 4 is 45.6 Å². The number of nitrogens with zero attached hydrogens (tertiary/aromatic N) is 2. The standard InChI is InChI=1S/C22H24BrClN2O3/c1-6-9-18(12-13-19(23)16-17(3)29-5)20(24)10-8-11-21(25-4)26(7-2)22(28)14-15-27/h6-13,15-16H,1-3,14H2,4-5H3/b11-8+,13-12-,18-9-,19-16+,20-10-,25-21-. The van der Waals surface area contributed by atoms with Crippen LogP contribution in [-0.2, 0) is 14.3 Å². The van der Waals surface area contributed by atoms with Gasteiger partial charge in [0.2, 0.25) is 5.91 Å². The van der Waals surface area contributed by atoms with E-state index in [0.717, 1.165) is 4.48 Å². The Morgan fingerprint density at radius 3 is 2.45 bits per heavy atom. The number of carbonyl (C=O) groups is 2. The Hall–Kier alpha value is -2.70. The van der Waals surface area contributed by atoms with Gasteiger partial charge in [-0.15, -0.1) is 0 Å². The number of ether oxygens (including phenoxy) is 1. The molecule has 0 heterocycles. The molecule has 0 aromatic heterocycles. The average Bonchev–Trinajstić information content (AvgIpc) is 2.70. The highest BCUT2D eigenvalue weighted by Crippen LogP contribution is 2.19. The zero-order valence-electron chi connectivity index (χ0n) is 16.5. The van der Waals surface area contributed by atoms with Crippen molar-refractivity contribution in [3.8, 4) is 0 Å². The summed E-state index contributed by atoms with van der Waals surface area (Å²) >= 11 is 9.77. The Morgan fingerprint density at radius 2 is 1.93 bits per heavy atom. The molecule has 0 aliphatic heterocycles. The number of hydrogen-bond acceptors (Lipinski definition) is 4. The summed E-state index contributed by atoms with van der Waals surface area (Å²) in [5.74, 6) is 0.392. The Labute approximate surface area is 185 Å². The van der Waals surface area contributed by atoms with E-state index in [1.807, 2.05) is 0 Å². The fourth-order valence-corrected chi connectivity index (χ4v) is 2.43. The maximum absolute atomic E-state index is 11.9. The first-order valence-electron chi connectivity index (χ1n) is 8.34. The predicted octanol–water partition coefficient (Wildman–Crippen LogP) is 5.36. The summed E-state index contributed by atoms with van der Waals surface area (Å²) in [5.41, 5.74) is 0.701. The summed E-state index contributed by atoms with van der Waals surface area (Å²) in [6.07, 6.45) is 15.1. The number of methoxy groups -OCH3 is 1. The minimum Gasteiger partial charge on any atom is -0.497 e. The summed E-state index contributed by atoms with van der Waals surface area (Å²) in [6, 6.07) is 0. The predicted molar refractivity (Wildman–Crippen MR) is 125 cm³/mol. The molecule has 0 aliphatic carbocycles. The molecule has 7 heteroatoms. The molecule has 29 heavy (non-hydrogen) atoms. The first-order valence-corrected chi connectivity index (χ1v) is 9.51. The summed E-state index contributed by atoms with van der Waals surface area (Å²) in [5, 5.41) is 0.433. The smallest absolute Gasteiger partial charge is 0.239 e. The minimum atomic E-state index is -0.431. The van der Waals surface area contributed by atoms with E-state index >= 15 is 0 Å². The van der Waals surface area contributed by atoms with Crippen LogP contribution < -0.4 is 0 Å². The van der Waals surface area contributed by atoms with Crippen LogP contribution in [-0.4, -0.2) is 37.1 Å². The van der Waals surface area contributed by atoms with E-state index in [-0.39, 0.29) is 6.42 Å². The van der Waals surface area contributed by atoms with Crippen LogP contribution in [0, 0.1) is 0 Å². The van der Waals surface area contributed by atoms with Gasteiger partial charge in [0.25, 0.3) is 0 Å². The highest BCUT2D eigenvalue weighted by molar-refractivity contribution is 9.11. The maximum Gasteiger partial charge on any atom is 0.239 e. The van der Waals surface area contributed by atoms with Gasteiger partial charge in [-0.25, -0.2) is 0 Å². The molecule has 0 saturated heterocycles. The van der Waals surface area contributed by atoms with Gasteiger partial charge in [-0.1, -0.05) is 71.6 Å². The molecule has 0 saturated carbocycles. The SMILES string of the molecule is C=C/C=C(/C=C\C(Br)=C/C(=C)OC)C(\Cl)=C\C=C\C(=N\C)N(C=C)C(=O)CC=O. The molecule has 0 atom stereocenters. The monoisotopic (exact) mass is 478 g/mol. The van der Waals surface area contributed by atoms with E-state index in [2.05, 4.69) is 40.7 Å². The molecule has 5 nitrogen and oxygen atoms in total. The van der Waals surface area contributed by atoms with Crippen molar-refractivity contribution in [3.05, 3.63) is 95.4 Å². The zero-order chi connectivity index (χ0) is 22.2. The van der Waals surface area contributed by atoms with E-state index in [1.54, 1.807) is 48.6 Å². The van der Waals surface area contributed by atoms with Gasteiger partial charge in [0.05, 0.1) is 13.5 Å². The lowest BCUT2D eigenvalue weighted by Gasteiger charge is -2.16. The second kappa shape index (κ2) is 15.2. The molecule has 0 aromatic carbocycles. The van der Waals surface area contributed by atoms with Crippen LogP contribution >= 0.6 is 27.5 Å². The van der Waals surface area contributed by atoms with Crippen LogP contribution in [0.15, 0.2) is 100 Å². The second-order valence-corrected chi connectivity index (χ2v) is 6.49. The third kappa shape index (κ3) is 10.4. The van der Waals surface area contributed by atoms with Crippen LogP contribution in [0.5, 0.6) is 0 Å². The van der Waals surface area contributed by atoms with E-state index in [9.17, 15) is 9.59 Å². The lowest BCUT2D eigenvalue weighted by molar-refractivity contribution is -0.127. The molecular formula is C22H24BrClN2O3. The zero-order valence-corrected chi connectivity index (χ0v) is 18.8. The third-order valence-corrected chi connectivity index (χ3v) is 4.07. The topological polar surface area (TPSA) is 59.0 Å². The average molecular weight is 480 g/mol. The molecular weight excluding hydrogens is 456 g/mol. The number of hydrogen-bond donors (Lipinski definition) is 0. The van der Waals surface area contributed by atoms with Crippen LogP contribution in [0.2, 0.25) is 0 Å². The van der Waals surface area contributed by atoms with Crippen LogP contribution in [0.25, 0.3) is 0 Å². The van der Waals surface area contributed by atoms with Gasteiger partial charge >= 0.3 is 0 Å². The van der Waals surface area contributed by atoms with Crippen molar-refractivity contribution in [2.75, 3.05) is 14.2 Å². The Bertz CT molecular complexity index is 818. The number of rotatable bonds is 11. The highest BCUT2D eigenvalue weighted by atomic mass is 79.9. The Morgan fingerprint density at radius 1 is 1.24 bits per heavy atom. The number of carbonyl (C=O) groups excluding carboxylic acids is 2.